The van der Waals surface area contributed by atoms with E-state index in [0.717, 1.165) is 18.4 Å². The molecule has 0 aliphatic carbocycles. The Balaban J connectivity index is 1.95. The van der Waals surface area contributed by atoms with Crippen molar-refractivity contribution in [3.63, 3.8) is 0 Å². The Hall–Kier alpha value is -2.37. The Morgan fingerprint density at radius 2 is 1.85 bits per heavy atom. The Bertz CT molecular complexity index is 671. The number of aryl methyl sites for hydroxylation is 1. The summed E-state index contributed by atoms with van der Waals surface area (Å²) in [7, 11) is 0. The molecule has 2 unspecified atom stereocenters. The number of hydrogen-bond donors (Lipinski definition) is 1. The van der Waals surface area contributed by atoms with Crippen LogP contribution in [-0.2, 0) is 20.8 Å². The van der Waals surface area contributed by atoms with Gasteiger partial charge in [0.1, 0.15) is 6.54 Å². The average Bonchev–Trinajstić information content (AvgIpc) is 2.86. The van der Waals surface area contributed by atoms with Crippen molar-refractivity contribution < 1.29 is 19.5 Å². The van der Waals surface area contributed by atoms with E-state index >= 15 is 0 Å². The molecule has 1 heterocycles. The van der Waals surface area contributed by atoms with Crippen LogP contribution < -0.4 is 0 Å². The molecule has 2 atom stereocenters. The maximum absolute atomic E-state index is 12.9. The molecule has 0 bridgehead atoms. The standard InChI is InChI=1S/C21H30N2O4/c1-15-6-8-18(9-7-15)13-16(2)21(27)22-11-4-5-19(10-12-22)23(17(3)24)14-20(25)26/h6-9,16,19H,4-5,10-14H2,1-3H3,(H,25,26). The first kappa shape index (κ1) is 20.9. The molecule has 6 nitrogen and oxygen atoms in total. The molecule has 1 fully saturated rings. The molecule has 0 saturated carbocycles. The van der Waals surface area contributed by atoms with Crippen LogP contribution in [0.15, 0.2) is 24.3 Å². The minimum absolute atomic E-state index is 0.104. The van der Waals surface area contributed by atoms with Crippen LogP contribution in [0.25, 0.3) is 0 Å². The predicted molar refractivity (Wildman–Crippen MR) is 103 cm³/mol. The van der Waals surface area contributed by atoms with Gasteiger partial charge in [0.25, 0.3) is 0 Å². The minimum atomic E-state index is -1.01. The smallest absolute Gasteiger partial charge is 0.323 e. The Morgan fingerprint density at radius 3 is 2.44 bits per heavy atom. The van der Waals surface area contributed by atoms with Crippen molar-refractivity contribution in [2.24, 2.45) is 5.92 Å². The van der Waals surface area contributed by atoms with Gasteiger partial charge in [0.2, 0.25) is 11.8 Å². The van der Waals surface area contributed by atoms with E-state index in [0.29, 0.717) is 25.9 Å². The predicted octanol–water partition coefficient (Wildman–Crippen LogP) is 2.49. The van der Waals surface area contributed by atoms with Gasteiger partial charge in [0.05, 0.1) is 0 Å². The summed E-state index contributed by atoms with van der Waals surface area (Å²) in [6.45, 7) is 6.34. The molecule has 1 aromatic rings. The summed E-state index contributed by atoms with van der Waals surface area (Å²) < 4.78 is 0. The molecule has 148 valence electrons. The fourth-order valence-corrected chi connectivity index (χ4v) is 3.73. The molecular weight excluding hydrogens is 344 g/mol. The van der Waals surface area contributed by atoms with Crippen LogP contribution in [0.2, 0.25) is 0 Å². The summed E-state index contributed by atoms with van der Waals surface area (Å²) in [6, 6.07) is 8.12. The molecule has 0 aromatic heterocycles. The van der Waals surface area contributed by atoms with Crippen LogP contribution in [0.4, 0.5) is 0 Å². The highest BCUT2D eigenvalue weighted by atomic mass is 16.4. The largest absolute Gasteiger partial charge is 0.480 e. The zero-order valence-electron chi connectivity index (χ0n) is 16.5. The quantitative estimate of drug-likeness (QED) is 0.830. The molecule has 1 aliphatic rings. The van der Waals surface area contributed by atoms with Crippen molar-refractivity contribution in [3.05, 3.63) is 35.4 Å². The van der Waals surface area contributed by atoms with Crippen molar-refractivity contribution >= 4 is 17.8 Å². The number of carbonyl (C=O) groups is 3. The number of likely N-dealkylation sites (tertiary alicyclic amines) is 1. The van der Waals surface area contributed by atoms with E-state index in [2.05, 4.69) is 24.3 Å². The molecule has 1 N–H and O–H groups in total. The van der Waals surface area contributed by atoms with Gasteiger partial charge in [0, 0.05) is 32.0 Å². The van der Waals surface area contributed by atoms with E-state index in [4.69, 9.17) is 5.11 Å². The third kappa shape index (κ3) is 6.08. The molecule has 0 radical (unpaired) electrons. The number of amides is 2. The molecule has 2 rings (SSSR count). The summed E-state index contributed by atoms with van der Waals surface area (Å²) in [5, 5.41) is 9.05. The highest BCUT2D eigenvalue weighted by Gasteiger charge is 2.29. The lowest BCUT2D eigenvalue weighted by Gasteiger charge is -2.29. The van der Waals surface area contributed by atoms with E-state index in [-0.39, 0.29) is 30.3 Å². The third-order valence-electron chi connectivity index (χ3n) is 5.24. The summed E-state index contributed by atoms with van der Waals surface area (Å²) in [5.41, 5.74) is 2.35. The Labute approximate surface area is 161 Å². The molecule has 6 heteroatoms. The molecule has 1 aromatic carbocycles. The monoisotopic (exact) mass is 374 g/mol. The highest BCUT2D eigenvalue weighted by molar-refractivity contribution is 5.80. The van der Waals surface area contributed by atoms with Gasteiger partial charge in [0.15, 0.2) is 0 Å². The summed E-state index contributed by atoms with van der Waals surface area (Å²) in [4.78, 5) is 39.0. The SMILES string of the molecule is CC(=O)N(CC(=O)O)C1CCCN(C(=O)C(C)Cc2ccc(C)cc2)CC1. The van der Waals surface area contributed by atoms with E-state index in [9.17, 15) is 14.4 Å². The summed E-state index contributed by atoms with van der Waals surface area (Å²) >= 11 is 0. The second-order valence-electron chi connectivity index (χ2n) is 7.54. The second kappa shape index (κ2) is 9.53. The van der Waals surface area contributed by atoms with Crippen LogP contribution in [0, 0.1) is 12.8 Å². The number of carboxylic acid groups (broad SMARTS) is 1. The highest BCUT2D eigenvalue weighted by Crippen LogP contribution is 2.20. The molecule has 27 heavy (non-hydrogen) atoms. The fourth-order valence-electron chi connectivity index (χ4n) is 3.73. The van der Waals surface area contributed by atoms with Crippen LogP contribution in [0.3, 0.4) is 0 Å². The van der Waals surface area contributed by atoms with E-state index in [1.165, 1.54) is 17.4 Å². The average molecular weight is 374 g/mol. The van der Waals surface area contributed by atoms with Crippen LogP contribution in [0.1, 0.15) is 44.2 Å². The van der Waals surface area contributed by atoms with E-state index < -0.39 is 5.97 Å². The van der Waals surface area contributed by atoms with Gasteiger partial charge in [-0.2, -0.15) is 0 Å². The van der Waals surface area contributed by atoms with Gasteiger partial charge in [-0.05, 0) is 38.2 Å². The van der Waals surface area contributed by atoms with Crippen molar-refractivity contribution in [2.75, 3.05) is 19.6 Å². The van der Waals surface area contributed by atoms with Crippen molar-refractivity contribution in [3.8, 4) is 0 Å². The zero-order valence-corrected chi connectivity index (χ0v) is 16.5. The van der Waals surface area contributed by atoms with E-state index in [1.54, 1.807) is 0 Å². The Kier molecular flexibility index (Phi) is 7.39. The lowest BCUT2D eigenvalue weighted by Crippen LogP contribution is -2.43. The number of benzene rings is 1. The molecule has 1 saturated heterocycles. The van der Waals surface area contributed by atoms with Gasteiger partial charge >= 0.3 is 5.97 Å². The summed E-state index contributed by atoms with van der Waals surface area (Å²) in [5.74, 6) is -1.21. The number of carboxylic acids is 1. The van der Waals surface area contributed by atoms with Gasteiger partial charge in [-0.15, -0.1) is 0 Å². The lowest BCUT2D eigenvalue weighted by molar-refractivity contribution is -0.145. The normalized spacial score (nSPS) is 18.5. The maximum Gasteiger partial charge on any atom is 0.323 e. The number of aliphatic carboxylic acids is 1. The van der Waals surface area contributed by atoms with Gasteiger partial charge in [-0.3, -0.25) is 14.4 Å². The minimum Gasteiger partial charge on any atom is -0.480 e. The first-order chi connectivity index (χ1) is 12.8. The number of nitrogens with zero attached hydrogens (tertiary/aromatic N) is 2. The van der Waals surface area contributed by atoms with Crippen LogP contribution in [-0.4, -0.2) is 58.4 Å². The molecular formula is C21H30N2O4. The van der Waals surface area contributed by atoms with Crippen LogP contribution in [0.5, 0.6) is 0 Å². The van der Waals surface area contributed by atoms with Crippen molar-refractivity contribution in [1.29, 1.82) is 0 Å². The van der Waals surface area contributed by atoms with Gasteiger partial charge in [-0.1, -0.05) is 36.8 Å². The Morgan fingerprint density at radius 1 is 1.19 bits per heavy atom. The van der Waals surface area contributed by atoms with E-state index in [1.807, 2.05) is 18.7 Å². The number of hydrogen-bond acceptors (Lipinski definition) is 3. The second-order valence-corrected chi connectivity index (χ2v) is 7.54. The third-order valence-corrected chi connectivity index (χ3v) is 5.24. The number of carbonyl (C=O) groups excluding carboxylic acids is 2. The fraction of sp³-hybridized carbons (Fsp3) is 0.571. The zero-order chi connectivity index (χ0) is 20.0. The maximum atomic E-state index is 12.9. The first-order valence-corrected chi connectivity index (χ1v) is 9.61. The first-order valence-electron chi connectivity index (χ1n) is 9.61. The topological polar surface area (TPSA) is 77.9 Å². The molecule has 0 spiro atoms. The van der Waals surface area contributed by atoms with Crippen molar-refractivity contribution in [2.45, 2.75) is 52.5 Å². The molecule has 1 aliphatic heterocycles. The van der Waals surface area contributed by atoms with Gasteiger partial charge < -0.3 is 14.9 Å². The molecule has 2 amide bonds. The van der Waals surface area contributed by atoms with Crippen LogP contribution >= 0.6 is 0 Å². The number of rotatable bonds is 6. The van der Waals surface area contributed by atoms with Crippen molar-refractivity contribution in [1.82, 2.24) is 9.80 Å². The lowest BCUT2D eigenvalue weighted by atomic mass is 9.99. The summed E-state index contributed by atoms with van der Waals surface area (Å²) in [6.07, 6.45) is 2.83. The van der Waals surface area contributed by atoms with Gasteiger partial charge in [-0.25, -0.2) is 0 Å².